The van der Waals surface area contributed by atoms with Crippen LogP contribution >= 0.6 is 0 Å². The zero-order valence-electron chi connectivity index (χ0n) is 14.8. The van der Waals surface area contributed by atoms with Crippen LogP contribution in [0.2, 0.25) is 0 Å². The van der Waals surface area contributed by atoms with Crippen molar-refractivity contribution in [3.8, 4) is 17.1 Å². The fourth-order valence-corrected chi connectivity index (χ4v) is 2.80. The van der Waals surface area contributed by atoms with Crippen LogP contribution in [0.1, 0.15) is 22.4 Å². The van der Waals surface area contributed by atoms with E-state index < -0.39 is 0 Å². The van der Waals surface area contributed by atoms with Gasteiger partial charge in [0.15, 0.2) is 0 Å². The monoisotopic (exact) mass is 334 g/mol. The molecule has 3 rings (SSSR count). The van der Waals surface area contributed by atoms with E-state index in [1.807, 2.05) is 24.3 Å². The molecule has 3 aromatic rings. The fourth-order valence-electron chi connectivity index (χ4n) is 2.80. The van der Waals surface area contributed by atoms with Crippen molar-refractivity contribution in [1.29, 1.82) is 0 Å². The minimum atomic E-state index is 0.306. The van der Waals surface area contributed by atoms with Crippen molar-refractivity contribution in [2.24, 2.45) is 0 Å². The van der Waals surface area contributed by atoms with E-state index in [0.29, 0.717) is 11.8 Å². The van der Waals surface area contributed by atoms with Crippen LogP contribution < -0.4 is 10.5 Å². The summed E-state index contributed by atoms with van der Waals surface area (Å²) in [5, 5.41) is 0. The summed E-state index contributed by atoms with van der Waals surface area (Å²) >= 11 is 0. The lowest BCUT2D eigenvalue weighted by Crippen LogP contribution is -2.03. The predicted octanol–water partition coefficient (Wildman–Crippen LogP) is 3.53. The molecule has 5 heteroatoms. The number of nitrogens with two attached hydrogens (primary N) is 1. The van der Waals surface area contributed by atoms with E-state index in [1.165, 1.54) is 11.1 Å². The normalized spacial score (nSPS) is 10.7. The van der Waals surface area contributed by atoms with E-state index >= 15 is 0 Å². The van der Waals surface area contributed by atoms with E-state index in [1.54, 1.807) is 13.3 Å². The number of nitrogen functional groups attached to an aromatic ring is 1. The summed E-state index contributed by atoms with van der Waals surface area (Å²) in [6.45, 7) is 4.20. The van der Waals surface area contributed by atoms with Gasteiger partial charge in [-0.2, -0.15) is 0 Å². The lowest BCUT2D eigenvalue weighted by molar-refractivity contribution is 0.397. The minimum absolute atomic E-state index is 0.306. The number of aryl methyl sites for hydroxylation is 3. The van der Waals surface area contributed by atoms with Crippen molar-refractivity contribution < 1.29 is 4.74 Å². The molecule has 2 heterocycles. The summed E-state index contributed by atoms with van der Waals surface area (Å²) in [7, 11) is 1.62. The number of methoxy groups -OCH3 is 1. The third kappa shape index (κ3) is 3.94. The van der Waals surface area contributed by atoms with Gasteiger partial charge in [-0.15, -0.1) is 0 Å². The highest BCUT2D eigenvalue weighted by atomic mass is 16.5. The summed E-state index contributed by atoms with van der Waals surface area (Å²) in [6, 6.07) is 12.2. The maximum absolute atomic E-state index is 5.95. The van der Waals surface area contributed by atoms with Crippen molar-refractivity contribution in [3.05, 3.63) is 65.0 Å². The Morgan fingerprint density at radius 1 is 1.04 bits per heavy atom. The topological polar surface area (TPSA) is 73.9 Å². The first kappa shape index (κ1) is 16.9. The molecule has 0 unspecified atom stereocenters. The Morgan fingerprint density at radius 3 is 2.68 bits per heavy atom. The molecule has 25 heavy (non-hydrogen) atoms. The number of nitrogens with zero attached hydrogens (tertiary/aromatic N) is 3. The van der Waals surface area contributed by atoms with Gasteiger partial charge in [-0.3, -0.25) is 0 Å². The van der Waals surface area contributed by atoms with Gasteiger partial charge in [0.05, 0.1) is 12.8 Å². The molecule has 0 saturated heterocycles. The van der Waals surface area contributed by atoms with E-state index in [2.05, 4.69) is 40.9 Å². The van der Waals surface area contributed by atoms with Crippen LogP contribution in [-0.2, 0) is 12.8 Å². The van der Waals surface area contributed by atoms with Gasteiger partial charge >= 0.3 is 0 Å². The Morgan fingerprint density at radius 2 is 1.88 bits per heavy atom. The van der Waals surface area contributed by atoms with Crippen LogP contribution in [0, 0.1) is 13.8 Å². The second-order valence-corrected chi connectivity index (χ2v) is 6.06. The Kier molecular flexibility index (Phi) is 4.93. The summed E-state index contributed by atoms with van der Waals surface area (Å²) in [6.07, 6.45) is 3.36. The van der Waals surface area contributed by atoms with Crippen LogP contribution in [0.3, 0.4) is 0 Å². The largest absolute Gasteiger partial charge is 0.481 e. The number of benzene rings is 1. The molecule has 0 radical (unpaired) electrons. The average molecular weight is 334 g/mol. The van der Waals surface area contributed by atoms with Gasteiger partial charge < -0.3 is 10.5 Å². The molecule has 0 saturated carbocycles. The van der Waals surface area contributed by atoms with Gasteiger partial charge in [0, 0.05) is 23.5 Å². The molecule has 0 aliphatic heterocycles. The highest BCUT2D eigenvalue weighted by molar-refractivity contribution is 5.66. The molecule has 0 aliphatic rings. The van der Waals surface area contributed by atoms with Crippen molar-refractivity contribution in [2.75, 3.05) is 12.8 Å². The molecule has 0 bridgehead atoms. The molecule has 2 aromatic heterocycles. The minimum Gasteiger partial charge on any atom is -0.481 e. The number of aromatic nitrogens is 3. The van der Waals surface area contributed by atoms with Crippen LogP contribution in [0.15, 0.2) is 42.6 Å². The van der Waals surface area contributed by atoms with Crippen molar-refractivity contribution in [3.63, 3.8) is 0 Å². The van der Waals surface area contributed by atoms with Crippen LogP contribution in [-0.4, -0.2) is 22.1 Å². The Bertz CT molecular complexity index is 893. The van der Waals surface area contributed by atoms with E-state index in [9.17, 15) is 0 Å². The summed E-state index contributed by atoms with van der Waals surface area (Å²) in [4.78, 5) is 12.9. The second-order valence-electron chi connectivity index (χ2n) is 6.06. The van der Waals surface area contributed by atoms with Gasteiger partial charge in [0.25, 0.3) is 0 Å². The number of ether oxygens (including phenoxy) is 1. The van der Waals surface area contributed by atoms with Gasteiger partial charge in [0.1, 0.15) is 0 Å². The summed E-state index contributed by atoms with van der Waals surface area (Å²) < 4.78 is 5.17. The number of hydrogen-bond acceptors (Lipinski definition) is 5. The predicted molar refractivity (Wildman–Crippen MR) is 99.6 cm³/mol. The van der Waals surface area contributed by atoms with Crippen molar-refractivity contribution in [2.45, 2.75) is 26.7 Å². The van der Waals surface area contributed by atoms with Gasteiger partial charge in [-0.1, -0.05) is 18.2 Å². The first-order valence-corrected chi connectivity index (χ1v) is 8.26. The van der Waals surface area contributed by atoms with Gasteiger partial charge in [-0.25, -0.2) is 15.0 Å². The molecule has 128 valence electrons. The molecule has 0 atom stereocenters. The molecule has 0 aliphatic carbocycles. The van der Waals surface area contributed by atoms with Crippen molar-refractivity contribution >= 4 is 5.95 Å². The van der Waals surface area contributed by atoms with Crippen LogP contribution in [0.5, 0.6) is 5.88 Å². The lowest BCUT2D eigenvalue weighted by Gasteiger charge is -2.10. The SMILES string of the molecule is COc1cc(CCc2cc(-c3cccc(C)c3C)nc(N)n2)ccn1. The zero-order chi connectivity index (χ0) is 17.8. The molecule has 2 N–H and O–H groups in total. The molecule has 0 fully saturated rings. The summed E-state index contributed by atoms with van der Waals surface area (Å²) in [5.74, 6) is 0.927. The number of rotatable bonds is 5. The molecule has 5 nitrogen and oxygen atoms in total. The Labute approximate surface area is 147 Å². The Balaban J connectivity index is 1.85. The highest BCUT2D eigenvalue weighted by Crippen LogP contribution is 2.25. The maximum atomic E-state index is 5.95. The highest BCUT2D eigenvalue weighted by Gasteiger charge is 2.09. The van der Waals surface area contributed by atoms with E-state index in [4.69, 9.17) is 10.5 Å². The smallest absolute Gasteiger partial charge is 0.220 e. The van der Waals surface area contributed by atoms with Crippen molar-refractivity contribution in [1.82, 2.24) is 15.0 Å². The molecule has 0 amide bonds. The first-order chi connectivity index (χ1) is 12.1. The first-order valence-electron chi connectivity index (χ1n) is 8.26. The maximum Gasteiger partial charge on any atom is 0.220 e. The van der Waals surface area contributed by atoms with E-state index in [-0.39, 0.29) is 0 Å². The van der Waals surface area contributed by atoms with Crippen LogP contribution in [0.4, 0.5) is 5.95 Å². The lowest BCUT2D eigenvalue weighted by atomic mass is 10.00. The van der Waals surface area contributed by atoms with Gasteiger partial charge in [-0.05, 0) is 55.5 Å². The van der Waals surface area contributed by atoms with Crippen LogP contribution in [0.25, 0.3) is 11.3 Å². The molecule has 0 spiro atoms. The average Bonchev–Trinajstić information content (AvgIpc) is 2.62. The Hall–Kier alpha value is -2.95. The third-order valence-electron chi connectivity index (χ3n) is 4.36. The standard InChI is InChI=1S/C20H22N4O/c1-13-5-4-6-17(14(13)2)18-12-16(23-20(21)24-18)8-7-15-9-10-22-19(11-15)25-3/h4-6,9-12H,7-8H2,1-3H3,(H2,21,23,24). The van der Waals surface area contributed by atoms with E-state index in [0.717, 1.165) is 35.4 Å². The fraction of sp³-hybridized carbons (Fsp3) is 0.250. The third-order valence-corrected chi connectivity index (χ3v) is 4.36. The second kappa shape index (κ2) is 7.30. The molecule has 1 aromatic carbocycles. The summed E-state index contributed by atoms with van der Waals surface area (Å²) in [5.41, 5.74) is 12.4. The number of hydrogen-bond donors (Lipinski definition) is 1. The quantitative estimate of drug-likeness (QED) is 0.772. The number of pyridine rings is 1. The van der Waals surface area contributed by atoms with Gasteiger partial charge in [0.2, 0.25) is 11.8 Å². The number of anilines is 1. The molecular formula is C20H22N4O. The molecular weight excluding hydrogens is 312 g/mol. The zero-order valence-corrected chi connectivity index (χ0v) is 14.8.